The van der Waals surface area contributed by atoms with Crippen LogP contribution in [0.4, 0.5) is 0 Å². The van der Waals surface area contributed by atoms with Gasteiger partial charge in [-0.3, -0.25) is 0 Å². The highest BCUT2D eigenvalue weighted by molar-refractivity contribution is 6.48. The second-order valence-electron chi connectivity index (χ2n) is 3.48. The zero-order valence-corrected chi connectivity index (χ0v) is 10.1. The number of aliphatic carboxylic acids is 1. The van der Waals surface area contributed by atoms with Crippen molar-refractivity contribution in [2.24, 2.45) is 0 Å². The predicted octanol–water partition coefficient (Wildman–Crippen LogP) is 3.74. The van der Waals surface area contributed by atoms with E-state index in [1.807, 2.05) is 30.3 Å². The Morgan fingerprint density at radius 3 is 2.38 bits per heavy atom. The van der Waals surface area contributed by atoms with Gasteiger partial charge in [0.25, 0.3) is 0 Å². The molecule has 86 valence electrons. The molecule has 0 amide bonds. The molecule has 0 aromatic heterocycles. The van der Waals surface area contributed by atoms with Crippen molar-refractivity contribution >= 4 is 29.2 Å². The summed E-state index contributed by atoms with van der Waals surface area (Å²) in [7, 11) is 0. The molecule has 0 aliphatic heterocycles. The molecule has 2 nitrogen and oxygen atoms in total. The first kappa shape index (κ1) is 13.1. The zero-order chi connectivity index (χ0) is 12.2. The summed E-state index contributed by atoms with van der Waals surface area (Å²) < 4.78 is -1.07. The molecule has 4 heteroatoms. The molecular formula is C12H12Cl2O2. The van der Waals surface area contributed by atoms with E-state index in [9.17, 15) is 4.79 Å². The van der Waals surface area contributed by atoms with Gasteiger partial charge in [-0.25, -0.2) is 4.79 Å². The quantitative estimate of drug-likeness (QED) is 0.646. The number of alkyl halides is 2. The molecule has 0 spiro atoms. The molecule has 1 aromatic rings. The minimum absolute atomic E-state index is 0.113. The smallest absolute Gasteiger partial charge is 0.330 e. The van der Waals surface area contributed by atoms with Gasteiger partial charge in [0.15, 0.2) is 0 Å². The Balaban J connectivity index is 2.66. The van der Waals surface area contributed by atoms with Crippen molar-refractivity contribution in [2.45, 2.75) is 17.2 Å². The van der Waals surface area contributed by atoms with Crippen LogP contribution in [0.2, 0.25) is 0 Å². The number of benzene rings is 1. The first-order valence-corrected chi connectivity index (χ1v) is 5.53. The van der Waals surface area contributed by atoms with Crippen LogP contribution in [0.1, 0.15) is 18.4 Å². The van der Waals surface area contributed by atoms with E-state index in [0.717, 1.165) is 5.56 Å². The van der Waals surface area contributed by atoms with Crippen molar-refractivity contribution in [3.63, 3.8) is 0 Å². The molecule has 0 aliphatic carbocycles. The van der Waals surface area contributed by atoms with Crippen LogP contribution in [0.15, 0.2) is 42.5 Å². The van der Waals surface area contributed by atoms with Crippen molar-refractivity contribution in [3.8, 4) is 0 Å². The number of carboxylic acid groups (broad SMARTS) is 1. The summed E-state index contributed by atoms with van der Waals surface area (Å²) in [5.74, 6) is -1.02. The minimum Gasteiger partial charge on any atom is -0.478 e. The highest BCUT2D eigenvalue weighted by Crippen LogP contribution is 2.38. The van der Waals surface area contributed by atoms with Crippen LogP contribution in [-0.4, -0.2) is 11.1 Å². The van der Waals surface area contributed by atoms with E-state index in [-0.39, 0.29) is 12.0 Å². The van der Waals surface area contributed by atoms with Crippen molar-refractivity contribution in [3.05, 3.63) is 48.0 Å². The molecule has 0 heterocycles. The third-order valence-electron chi connectivity index (χ3n) is 2.24. The maximum Gasteiger partial charge on any atom is 0.330 e. The van der Waals surface area contributed by atoms with Crippen LogP contribution >= 0.6 is 23.2 Å². The number of hydrogen-bond acceptors (Lipinski definition) is 1. The molecule has 0 aliphatic rings. The second-order valence-corrected chi connectivity index (χ2v) is 4.96. The van der Waals surface area contributed by atoms with Crippen molar-refractivity contribution < 1.29 is 9.90 Å². The standard InChI is InChI=1S/C12H12Cl2O2/c1-9(11(15)16)7-8-12(13,14)10-5-3-2-4-6-10/h2-6H,1,7-8H2,(H,15,16). The van der Waals surface area contributed by atoms with E-state index in [4.69, 9.17) is 28.3 Å². The van der Waals surface area contributed by atoms with Gasteiger partial charge in [0.1, 0.15) is 4.33 Å². The van der Waals surface area contributed by atoms with Gasteiger partial charge in [0.2, 0.25) is 0 Å². The maximum atomic E-state index is 10.6. The summed E-state index contributed by atoms with van der Waals surface area (Å²) in [6, 6.07) is 9.15. The van der Waals surface area contributed by atoms with Gasteiger partial charge in [-0.1, -0.05) is 60.1 Å². The lowest BCUT2D eigenvalue weighted by Gasteiger charge is -2.19. The third kappa shape index (κ3) is 3.54. The van der Waals surface area contributed by atoms with Crippen LogP contribution in [0.3, 0.4) is 0 Å². The molecule has 1 rings (SSSR count). The summed E-state index contributed by atoms with van der Waals surface area (Å²) in [5, 5.41) is 8.66. The first-order chi connectivity index (χ1) is 7.43. The summed E-state index contributed by atoms with van der Waals surface area (Å²) in [6.07, 6.45) is 0.586. The largest absolute Gasteiger partial charge is 0.478 e. The van der Waals surface area contributed by atoms with Gasteiger partial charge < -0.3 is 5.11 Å². The SMILES string of the molecule is C=C(CCC(Cl)(Cl)c1ccccc1)C(=O)O. The number of hydrogen-bond donors (Lipinski definition) is 1. The fourth-order valence-corrected chi connectivity index (χ4v) is 1.68. The average molecular weight is 259 g/mol. The molecule has 0 atom stereocenters. The Hall–Kier alpha value is -0.990. The van der Waals surface area contributed by atoms with Gasteiger partial charge in [-0.05, 0) is 18.4 Å². The number of rotatable bonds is 5. The summed E-state index contributed by atoms with van der Waals surface area (Å²) in [6.45, 7) is 3.43. The lowest BCUT2D eigenvalue weighted by atomic mass is 10.0. The molecule has 0 unspecified atom stereocenters. The van der Waals surface area contributed by atoms with Crippen molar-refractivity contribution in [2.75, 3.05) is 0 Å². The monoisotopic (exact) mass is 258 g/mol. The molecule has 1 N–H and O–H groups in total. The van der Waals surface area contributed by atoms with Gasteiger partial charge in [0.05, 0.1) is 0 Å². The Kier molecular flexibility index (Phi) is 4.39. The zero-order valence-electron chi connectivity index (χ0n) is 8.62. The number of halogens is 2. The topological polar surface area (TPSA) is 37.3 Å². The highest BCUT2D eigenvalue weighted by atomic mass is 35.5. The van der Waals surface area contributed by atoms with Crippen LogP contribution in [-0.2, 0) is 9.13 Å². The van der Waals surface area contributed by atoms with E-state index in [1.54, 1.807) is 0 Å². The molecule has 0 saturated carbocycles. The fourth-order valence-electron chi connectivity index (χ4n) is 1.24. The van der Waals surface area contributed by atoms with Crippen LogP contribution in [0, 0.1) is 0 Å². The Morgan fingerprint density at radius 1 is 1.31 bits per heavy atom. The molecule has 1 aromatic carbocycles. The lowest BCUT2D eigenvalue weighted by molar-refractivity contribution is -0.132. The Bertz CT molecular complexity index is 385. The Morgan fingerprint density at radius 2 is 1.88 bits per heavy atom. The molecule has 0 fully saturated rings. The molecule has 0 saturated heterocycles. The van der Waals surface area contributed by atoms with Crippen LogP contribution in [0.25, 0.3) is 0 Å². The maximum absolute atomic E-state index is 10.6. The summed E-state index contributed by atoms with van der Waals surface area (Å²) >= 11 is 12.3. The lowest BCUT2D eigenvalue weighted by Crippen LogP contribution is -2.12. The highest BCUT2D eigenvalue weighted by Gasteiger charge is 2.26. The van der Waals surface area contributed by atoms with Crippen LogP contribution < -0.4 is 0 Å². The molecular weight excluding hydrogens is 247 g/mol. The summed E-state index contributed by atoms with van der Waals surface area (Å²) in [5.41, 5.74) is 0.873. The van der Waals surface area contributed by atoms with Gasteiger partial charge >= 0.3 is 5.97 Å². The fraction of sp³-hybridized carbons (Fsp3) is 0.250. The van der Waals surface area contributed by atoms with Gasteiger partial charge in [-0.2, -0.15) is 0 Å². The Labute approximate surface area is 104 Å². The van der Waals surface area contributed by atoms with E-state index < -0.39 is 10.3 Å². The van der Waals surface area contributed by atoms with Gasteiger partial charge in [-0.15, -0.1) is 0 Å². The minimum atomic E-state index is -1.07. The first-order valence-electron chi connectivity index (χ1n) is 4.78. The van der Waals surface area contributed by atoms with E-state index in [1.165, 1.54) is 0 Å². The normalized spacial score (nSPS) is 11.1. The van der Waals surface area contributed by atoms with E-state index in [2.05, 4.69) is 6.58 Å². The van der Waals surface area contributed by atoms with Crippen LogP contribution in [0.5, 0.6) is 0 Å². The number of carbonyl (C=O) groups is 1. The molecule has 0 radical (unpaired) electrons. The third-order valence-corrected chi connectivity index (χ3v) is 3.05. The van der Waals surface area contributed by atoms with E-state index >= 15 is 0 Å². The average Bonchev–Trinajstić information content (AvgIpc) is 2.27. The molecule has 0 bridgehead atoms. The van der Waals surface area contributed by atoms with E-state index in [0.29, 0.717) is 6.42 Å². The second kappa shape index (κ2) is 5.37. The van der Waals surface area contributed by atoms with Crippen molar-refractivity contribution in [1.82, 2.24) is 0 Å². The van der Waals surface area contributed by atoms with Crippen molar-refractivity contribution in [1.29, 1.82) is 0 Å². The summed E-state index contributed by atoms with van der Waals surface area (Å²) in [4.78, 5) is 10.6. The predicted molar refractivity (Wildman–Crippen MR) is 65.8 cm³/mol. The van der Waals surface area contributed by atoms with Gasteiger partial charge in [0, 0.05) is 5.57 Å². The molecule has 16 heavy (non-hydrogen) atoms. The number of carboxylic acids is 1.